The molecule has 26 heavy (non-hydrogen) atoms. The van der Waals surface area contributed by atoms with Gasteiger partial charge in [-0.05, 0) is 48.2 Å². The van der Waals surface area contributed by atoms with Crippen LogP contribution in [0.15, 0.2) is 76.1 Å². The highest BCUT2D eigenvalue weighted by atomic mass is 32.2. The van der Waals surface area contributed by atoms with Crippen molar-refractivity contribution >= 4 is 34.7 Å². The van der Waals surface area contributed by atoms with Crippen LogP contribution in [-0.2, 0) is 4.79 Å². The minimum atomic E-state index is -0.394. The first-order chi connectivity index (χ1) is 12.6. The molecule has 0 aliphatic carbocycles. The Morgan fingerprint density at radius 2 is 1.77 bits per heavy atom. The predicted molar refractivity (Wildman–Crippen MR) is 99.0 cm³/mol. The number of furan rings is 1. The maximum atomic E-state index is 13.3. The summed E-state index contributed by atoms with van der Waals surface area (Å²) in [6.45, 7) is 0. The molecule has 1 aliphatic heterocycles. The molecule has 4 nitrogen and oxygen atoms in total. The van der Waals surface area contributed by atoms with E-state index in [9.17, 15) is 14.0 Å². The number of carbonyl (C=O) groups excluding carboxylic acids is 2. The molecule has 0 atom stereocenters. The average molecular weight is 365 g/mol. The quantitative estimate of drug-likeness (QED) is 0.589. The van der Waals surface area contributed by atoms with E-state index in [1.807, 2.05) is 6.07 Å². The maximum absolute atomic E-state index is 13.3. The zero-order chi connectivity index (χ0) is 18.1. The van der Waals surface area contributed by atoms with Crippen molar-refractivity contribution in [1.82, 2.24) is 0 Å². The molecule has 2 aromatic carbocycles. The molecular weight excluding hydrogens is 353 g/mol. The number of nitrogens with zero attached hydrogens (tertiary/aromatic N) is 1. The summed E-state index contributed by atoms with van der Waals surface area (Å²) < 4.78 is 19.0. The van der Waals surface area contributed by atoms with Crippen molar-refractivity contribution in [3.63, 3.8) is 0 Å². The van der Waals surface area contributed by atoms with Crippen molar-refractivity contribution in [2.45, 2.75) is 0 Å². The van der Waals surface area contributed by atoms with Crippen LogP contribution in [0.2, 0.25) is 0 Å². The van der Waals surface area contributed by atoms with Crippen LogP contribution in [0.1, 0.15) is 5.76 Å². The zero-order valence-electron chi connectivity index (χ0n) is 13.4. The first-order valence-corrected chi connectivity index (χ1v) is 8.62. The Kier molecular flexibility index (Phi) is 4.18. The molecule has 1 fully saturated rings. The lowest BCUT2D eigenvalue weighted by Gasteiger charge is -2.11. The maximum Gasteiger partial charge on any atom is 0.298 e. The fourth-order valence-corrected chi connectivity index (χ4v) is 3.45. The zero-order valence-corrected chi connectivity index (χ0v) is 14.2. The molecule has 3 aromatic rings. The number of para-hydroxylation sites is 1. The standard InChI is InChI=1S/C20H12FNO3S/c21-14-6-4-5-13(11-14)17-10-9-16(25-17)12-18-19(23)22(20(24)26-18)15-7-2-1-3-8-15/h1-12H/b18-12-. The van der Waals surface area contributed by atoms with E-state index in [0.717, 1.165) is 16.7 Å². The fourth-order valence-electron chi connectivity index (χ4n) is 2.62. The highest BCUT2D eigenvalue weighted by Gasteiger charge is 2.36. The van der Waals surface area contributed by atoms with Crippen LogP contribution >= 0.6 is 11.8 Å². The Morgan fingerprint density at radius 1 is 0.962 bits per heavy atom. The van der Waals surface area contributed by atoms with Crippen molar-refractivity contribution in [3.8, 4) is 11.3 Å². The molecule has 0 radical (unpaired) electrons. The van der Waals surface area contributed by atoms with Crippen LogP contribution < -0.4 is 4.90 Å². The predicted octanol–water partition coefficient (Wildman–Crippen LogP) is 5.33. The molecule has 4 rings (SSSR count). The minimum Gasteiger partial charge on any atom is -0.457 e. The molecule has 2 heterocycles. The van der Waals surface area contributed by atoms with Gasteiger partial charge in [-0.25, -0.2) is 9.29 Å². The number of thioether (sulfide) groups is 1. The molecule has 0 spiro atoms. The van der Waals surface area contributed by atoms with Crippen molar-refractivity contribution in [2.24, 2.45) is 0 Å². The Morgan fingerprint density at radius 3 is 2.54 bits per heavy atom. The second kappa shape index (κ2) is 6.65. The minimum absolute atomic E-state index is 0.277. The SMILES string of the molecule is O=C1S/C(=C\c2ccc(-c3cccc(F)c3)o2)C(=O)N1c1ccccc1. The van der Waals surface area contributed by atoms with Gasteiger partial charge in [0.1, 0.15) is 17.3 Å². The monoisotopic (exact) mass is 365 g/mol. The molecule has 0 saturated carbocycles. The summed E-state index contributed by atoms with van der Waals surface area (Å²) in [7, 11) is 0. The molecule has 0 bridgehead atoms. The third kappa shape index (κ3) is 3.07. The molecular formula is C20H12FNO3S. The van der Waals surface area contributed by atoms with E-state index in [2.05, 4.69) is 0 Å². The smallest absolute Gasteiger partial charge is 0.298 e. The molecule has 1 aliphatic rings. The van der Waals surface area contributed by atoms with Crippen molar-refractivity contribution in [3.05, 3.63) is 83.2 Å². The molecule has 128 valence electrons. The summed E-state index contributed by atoms with van der Waals surface area (Å²) in [5.74, 6) is 0.153. The second-order valence-corrected chi connectivity index (χ2v) is 6.56. The van der Waals surface area contributed by atoms with E-state index in [1.165, 1.54) is 18.2 Å². The number of hydrogen-bond acceptors (Lipinski definition) is 4. The van der Waals surface area contributed by atoms with Crippen LogP contribution in [0.25, 0.3) is 17.4 Å². The summed E-state index contributed by atoms with van der Waals surface area (Å²) in [5.41, 5.74) is 1.13. The van der Waals surface area contributed by atoms with Crippen molar-refractivity contribution in [1.29, 1.82) is 0 Å². The highest BCUT2D eigenvalue weighted by molar-refractivity contribution is 8.19. The average Bonchev–Trinajstić information content (AvgIpc) is 3.21. The van der Waals surface area contributed by atoms with Crippen molar-refractivity contribution in [2.75, 3.05) is 4.90 Å². The van der Waals surface area contributed by atoms with Gasteiger partial charge < -0.3 is 4.42 Å². The normalized spacial score (nSPS) is 15.9. The topological polar surface area (TPSA) is 50.5 Å². The van der Waals surface area contributed by atoms with E-state index in [4.69, 9.17) is 4.42 Å². The summed E-state index contributed by atoms with van der Waals surface area (Å²) in [6.07, 6.45) is 1.52. The number of halogens is 1. The van der Waals surface area contributed by atoms with Gasteiger partial charge in [-0.15, -0.1) is 0 Å². The van der Waals surface area contributed by atoms with Crippen LogP contribution in [0.3, 0.4) is 0 Å². The van der Waals surface area contributed by atoms with Gasteiger partial charge >= 0.3 is 0 Å². The van der Waals surface area contributed by atoms with E-state index in [0.29, 0.717) is 22.8 Å². The number of hydrogen-bond donors (Lipinski definition) is 0. The molecule has 6 heteroatoms. The van der Waals surface area contributed by atoms with Gasteiger partial charge in [0.25, 0.3) is 11.1 Å². The number of rotatable bonds is 3. The molecule has 0 unspecified atom stereocenters. The summed E-state index contributed by atoms with van der Waals surface area (Å²) >= 11 is 0.858. The Hall–Kier alpha value is -3.12. The molecule has 0 N–H and O–H groups in total. The fraction of sp³-hybridized carbons (Fsp3) is 0. The summed E-state index contributed by atoms with van der Waals surface area (Å²) in [4.78, 5) is 26.2. The largest absolute Gasteiger partial charge is 0.457 e. The third-order valence-corrected chi connectivity index (χ3v) is 4.69. The third-order valence-electron chi connectivity index (χ3n) is 3.82. The van der Waals surface area contributed by atoms with E-state index >= 15 is 0 Å². The second-order valence-electron chi connectivity index (χ2n) is 5.57. The van der Waals surface area contributed by atoms with Crippen LogP contribution in [-0.4, -0.2) is 11.1 Å². The Balaban J connectivity index is 1.62. The lowest BCUT2D eigenvalue weighted by Crippen LogP contribution is -2.27. The number of carbonyl (C=O) groups is 2. The lowest BCUT2D eigenvalue weighted by atomic mass is 10.2. The van der Waals surface area contributed by atoms with Crippen LogP contribution in [0.5, 0.6) is 0 Å². The number of anilines is 1. The van der Waals surface area contributed by atoms with E-state index < -0.39 is 5.91 Å². The van der Waals surface area contributed by atoms with E-state index in [1.54, 1.807) is 48.5 Å². The number of benzene rings is 2. The molecule has 2 amide bonds. The first-order valence-electron chi connectivity index (χ1n) is 7.80. The van der Waals surface area contributed by atoms with Gasteiger partial charge in [-0.3, -0.25) is 9.59 Å². The van der Waals surface area contributed by atoms with Crippen molar-refractivity contribution < 1.29 is 18.4 Å². The van der Waals surface area contributed by atoms with Gasteiger partial charge in [0.15, 0.2) is 0 Å². The number of imide groups is 1. The lowest BCUT2D eigenvalue weighted by molar-refractivity contribution is -0.113. The van der Waals surface area contributed by atoms with Crippen LogP contribution in [0.4, 0.5) is 14.9 Å². The Labute approximate surface area is 152 Å². The summed E-state index contributed by atoms with van der Waals surface area (Å²) in [6, 6.07) is 18.2. The van der Waals surface area contributed by atoms with Gasteiger partial charge in [-0.2, -0.15) is 0 Å². The Bertz CT molecular complexity index is 1030. The van der Waals surface area contributed by atoms with E-state index in [-0.39, 0.29) is 16.0 Å². The summed E-state index contributed by atoms with van der Waals surface area (Å²) in [5, 5.41) is -0.357. The van der Waals surface area contributed by atoms with Gasteiger partial charge in [0.2, 0.25) is 0 Å². The van der Waals surface area contributed by atoms with Gasteiger partial charge in [0, 0.05) is 11.6 Å². The molecule has 1 aromatic heterocycles. The molecule has 1 saturated heterocycles. The van der Waals surface area contributed by atoms with Gasteiger partial charge in [0.05, 0.1) is 10.6 Å². The highest BCUT2D eigenvalue weighted by Crippen LogP contribution is 2.36. The van der Waals surface area contributed by atoms with Crippen LogP contribution in [0, 0.1) is 5.82 Å². The van der Waals surface area contributed by atoms with Gasteiger partial charge in [-0.1, -0.05) is 30.3 Å². The first kappa shape index (κ1) is 16.4. The number of amides is 2.